The maximum absolute atomic E-state index is 13.0. The van der Waals surface area contributed by atoms with Crippen molar-refractivity contribution in [2.75, 3.05) is 5.32 Å². The molecule has 0 bridgehead atoms. The van der Waals surface area contributed by atoms with Crippen LogP contribution in [0.25, 0.3) is 0 Å². The molecular weight excluding hydrogens is 487 g/mol. The Morgan fingerprint density at radius 1 is 1.00 bits per heavy atom. The summed E-state index contributed by atoms with van der Waals surface area (Å²) in [7, 11) is 0. The summed E-state index contributed by atoms with van der Waals surface area (Å²) in [4.78, 5) is 13.0. The molecule has 1 aromatic carbocycles. The summed E-state index contributed by atoms with van der Waals surface area (Å²) < 4.78 is 8.79. The van der Waals surface area contributed by atoms with Gasteiger partial charge in [-0.2, -0.15) is 10.2 Å². The summed E-state index contributed by atoms with van der Waals surface area (Å²) in [5.74, 6) is 0.511. The Kier molecular flexibility index (Phi) is 6.52. The summed E-state index contributed by atoms with van der Waals surface area (Å²) in [5, 5.41) is 17.2. The zero-order chi connectivity index (χ0) is 23.9. The average Bonchev–Trinajstić information content (AvgIpc) is 3.37. The number of anilines is 1. The van der Waals surface area contributed by atoms with Gasteiger partial charge < -0.3 is 9.84 Å². The molecule has 3 aromatic heterocycles. The van der Waals surface area contributed by atoms with E-state index in [2.05, 4.69) is 20.7 Å². The lowest BCUT2D eigenvalue weighted by Crippen LogP contribution is -2.17. The summed E-state index contributed by atoms with van der Waals surface area (Å²) in [6, 6.07) is 7.19. The molecule has 33 heavy (non-hydrogen) atoms. The lowest BCUT2D eigenvalue weighted by atomic mass is 10.2. The zero-order valence-corrected chi connectivity index (χ0v) is 20.7. The highest BCUT2D eigenvalue weighted by Crippen LogP contribution is 2.24. The maximum Gasteiger partial charge on any atom is 0.279 e. The van der Waals surface area contributed by atoms with Gasteiger partial charge in [0, 0.05) is 17.3 Å². The van der Waals surface area contributed by atoms with E-state index >= 15 is 0 Å². The minimum atomic E-state index is -0.423. The number of hydrogen-bond acceptors (Lipinski definition) is 5. The molecule has 0 atom stereocenters. The van der Waals surface area contributed by atoms with Crippen LogP contribution in [0, 0.1) is 27.7 Å². The van der Waals surface area contributed by atoms with Crippen LogP contribution in [0.1, 0.15) is 44.5 Å². The van der Waals surface area contributed by atoms with Crippen molar-refractivity contribution in [3.63, 3.8) is 0 Å². The van der Waals surface area contributed by atoms with E-state index in [0.29, 0.717) is 45.3 Å². The van der Waals surface area contributed by atoms with Gasteiger partial charge in [0.2, 0.25) is 0 Å². The van der Waals surface area contributed by atoms with Crippen molar-refractivity contribution in [1.29, 1.82) is 0 Å². The summed E-state index contributed by atoms with van der Waals surface area (Å²) in [6.07, 6.45) is 0. The molecule has 4 rings (SSSR count). The number of aromatic nitrogens is 5. The van der Waals surface area contributed by atoms with E-state index in [1.54, 1.807) is 34.5 Å². The normalized spacial score (nSPS) is 11.2. The Bertz CT molecular complexity index is 1350. The quantitative estimate of drug-likeness (QED) is 0.366. The van der Waals surface area contributed by atoms with Gasteiger partial charge in [-0.25, -0.2) is 0 Å². The van der Waals surface area contributed by atoms with Crippen LogP contribution < -0.4 is 5.32 Å². The van der Waals surface area contributed by atoms with E-state index in [1.807, 2.05) is 26.8 Å². The summed E-state index contributed by atoms with van der Waals surface area (Å²) in [6.45, 7) is 8.14. The molecule has 0 saturated heterocycles. The Hall–Kier alpha value is -2.81. The fourth-order valence-corrected chi connectivity index (χ4v) is 3.91. The third-order valence-electron chi connectivity index (χ3n) is 5.34. The van der Waals surface area contributed by atoms with Crippen LogP contribution in [0.4, 0.5) is 5.82 Å². The second-order valence-electron chi connectivity index (χ2n) is 7.74. The van der Waals surface area contributed by atoms with Gasteiger partial charge >= 0.3 is 0 Å². The lowest BCUT2D eigenvalue weighted by molar-refractivity contribution is 0.101. The van der Waals surface area contributed by atoms with Crippen molar-refractivity contribution in [2.24, 2.45) is 0 Å². The molecule has 0 saturated carbocycles. The fraction of sp³-hybridized carbons (Fsp3) is 0.273. The van der Waals surface area contributed by atoms with Crippen molar-refractivity contribution < 1.29 is 9.32 Å². The monoisotopic (exact) mass is 506 g/mol. The Labute approximate surface area is 205 Å². The van der Waals surface area contributed by atoms with Crippen LogP contribution in [0.3, 0.4) is 0 Å². The van der Waals surface area contributed by atoms with Crippen LogP contribution in [-0.2, 0) is 13.1 Å². The minimum Gasteiger partial charge on any atom is -0.361 e. The number of amides is 1. The Morgan fingerprint density at radius 2 is 1.76 bits per heavy atom. The molecule has 1 N–H and O–H groups in total. The van der Waals surface area contributed by atoms with E-state index in [4.69, 9.17) is 39.3 Å². The highest BCUT2D eigenvalue weighted by Gasteiger charge is 2.23. The van der Waals surface area contributed by atoms with Crippen LogP contribution in [0.2, 0.25) is 15.1 Å². The third kappa shape index (κ3) is 4.78. The van der Waals surface area contributed by atoms with E-state index < -0.39 is 5.91 Å². The smallest absolute Gasteiger partial charge is 0.279 e. The van der Waals surface area contributed by atoms with Crippen molar-refractivity contribution in [2.45, 2.75) is 40.8 Å². The zero-order valence-electron chi connectivity index (χ0n) is 18.4. The van der Waals surface area contributed by atoms with Gasteiger partial charge in [0.15, 0.2) is 11.5 Å². The summed E-state index contributed by atoms with van der Waals surface area (Å²) in [5.41, 5.74) is 4.13. The molecule has 11 heteroatoms. The van der Waals surface area contributed by atoms with Crippen molar-refractivity contribution >= 4 is 46.5 Å². The molecular formula is C22H21Cl3N6O2. The van der Waals surface area contributed by atoms with Gasteiger partial charge in [0.25, 0.3) is 5.91 Å². The second kappa shape index (κ2) is 9.21. The minimum absolute atomic E-state index is 0.174. The predicted molar refractivity (Wildman–Crippen MR) is 128 cm³/mol. The van der Waals surface area contributed by atoms with Gasteiger partial charge in [0.1, 0.15) is 5.76 Å². The number of halogens is 3. The number of hydrogen-bond donors (Lipinski definition) is 1. The van der Waals surface area contributed by atoms with Crippen molar-refractivity contribution in [1.82, 2.24) is 24.7 Å². The molecule has 3 heterocycles. The maximum atomic E-state index is 13.0. The van der Waals surface area contributed by atoms with Crippen LogP contribution in [0.5, 0.6) is 0 Å². The number of nitrogens with one attached hydrogen (secondary N) is 1. The van der Waals surface area contributed by atoms with Gasteiger partial charge in [-0.15, -0.1) is 0 Å². The van der Waals surface area contributed by atoms with E-state index in [0.717, 1.165) is 22.6 Å². The van der Waals surface area contributed by atoms with Crippen LogP contribution >= 0.6 is 34.8 Å². The third-order valence-corrected chi connectivity index (χ3v) is 6.63. The first kappa shape index (κ1) is 23.4. The number of nitrogens with zero attached hydrogens (tertiary/aromatic N) is 5. The highest BCUT2D eigenvalue weighted by molar-refractivity contribution is 6.42. The lowest BCUT2D eigenvalue weighted by Gasteiger charge is -2.06. The average molecular weight is 508 g/mol. The first-order chi connectivity index (χ1) is 15.6. The molecule has 4 aromatic rings. The topological polar surface area (TPSA) is 90.8 Å². The van der Waals surface area contributed by atoms with E-state index in [-0.39, 0.29) is 5.69 Å². The van der Waals surface area contributed by atoms with Crippen LogP contribution in [-0.4, -0.2) is 30.6 Å². The highest BCUT2D eigenvalue weighted by atomic mass is 35.5. The van der Waals surface area contributed by atoms with Gasteiger partial charge in [-0.1, -0.05) is 46.0 Å². The van der Waals surface area contributed by atoms with Gasteiger partial charge in [0.05, 0.1) is 39.5 Å². The van der Waals surface area contributed by atoms with Crippen molar-refractivity contribution in [3.8, 4) is 0 Å². The Balaban J connectivity index is 1.53. The van der Waals surface area contributed by atoms with Gasteiger partial charge in [-0.05, 0) is 45.4 Å². The number of carbonyl (C=O) groups excluding carboxylic acids is 1. The molecule has 0 aliphatic heterocycles. The molecule has 8 nitrogen and oxygen atoms in total. The van der Waals surface area contributed by atoms with E-state index in [9.17, 15) is 4.79 Å². The first-order valence-electron chi connectivity index (χ1n) is 10.1. The second-order valence-corrected chi connectivity index (χ2v) is 8.93. The largest absolute Gasteiger partial charge is 0.361 e. The molecule has 0 radical (unpaired) electrons. The number of aryl methyl sites for hydroxylation is 3. The molecule has 0 spiro atoms. The number of carbonyl (C=O) groups is 1. The molecule has 0 aliphatic carbocycles. The van der Waals surface area contributed by atoms with E-state index in [1.165, 1.54) is 0 Å². The van der Waals surface area contributed by atoms with Crippen LogP contribution in [0.15, 0.2) is 28.8 Å². The fourth-order valence-electron chi connectivity index (χ4n) is 3.45. The SMILES string of the molecule is Cc1nn(Cc2c(C(=O)Nc3cc(C)n(Cc4ccc(Cl)c(Cl)c4)n3)noc2C)c(C)c1Cl. The van der Waals surface area contributed by atoms with Gasteiger partial charge in [-0.3, -0.25) is 14.2 Å². The molecule has 172 valence electrons. The molecule has 0 fully saturated rings. The van der Waals surface area contributed by atoms with Crippen molar-refractivity contribution in [3.05, 3.63) is 79.0 Å². The number of rotatable bonds is 6. The summed E-state index contributed by atoms with van der Waals surface area (Å²) >= 11 is 18.4. The molecule has 0 unspecified atom stereocenters. The standard InChI is InChI=1S/C22H21Cl3N6O2/c1-11-7-19(28-30(11)9-15-5-6-17(23)18(24)8-15)26-22(32)21-16(14(4)33-29-21)10-31-13(3)20(25)12(2)27-31/h5-8H,9-10H2,1-4H3,(H,26,28,32). The predicted octanol–water partition coefficient (Wildman–Crippen LogP) is 5.61. The molecule has 1 amide bonds. The first-order valence-corrected chi connectivity index (χ1v) is 11.2. The Morgan fingerprint density at radius 3 is 2.42 bits per heavy atom. The molecule has 0 aliphatic rings. The number of benzene rings is 1.